The molecule has 0 saturated carbocycles. The molecule has 0 saturated heterocycles. The number of para-hydroxylation sites is 1. The van der Waals surface area contributed by atoms with Gasteiger partial charge in [0, 0.05) is 28.0 Å². The van der Waals surface area contributed by atoms with Gasteiger partial charge in [-0.25, -0.2) is 4.79 Å². The molecule has 7 heteroatoms. The van der Waals surface area contributed by atoms with E-state index in [1.807, 2.05) is 36.4 Å². The molecule has 0 spiro atoms. The molecule has 2 aromatic heterocycles. The fourth-order valence-corrected chi connectivity index (χ4v) is 4.20. The largest absolute Gasteiger partial charge is 0.454 e. The summed E-state index contributed by atoms with van der Waals surface area (Å²) < 4.78 is 22.4. The second-order valence-electron chi connectivity index (χ2n) is 7.99. The van der Waals surface area contributed by atoms with Crippen LogP contribution in [0.1, 0.15) is 22.8 Å². The minimum absolute atomic E-state index is 0.125. The number of benzene rings is 3. The minimum Gasteiger partial charge on any atom is -0.454 e. The number of aryl methyl sites for hydroxylation is 1. The van der Waals surface area contributed by atoms with Gasteiger partial charge in [-0.05, 0) is 54.4 Å². The van der Waals surface area contributed by atoms with E-state index < -0.39 is 5.63 Å². The van der Waals surface area contributed by atoms with Crippen LogP contribution >= 0.6 is 0 Å². The first-order valence-electron chi connectivity index (χ1n) is 10.9. The maximum atomic E-state index is 13.2. The lowest BCUT2D eigenvalue weighted by atomic mass is 10.0. The van der Waals surface area contributed by atoms with Crippen molar-refractivity contribution in [2.24, 2.45) is 0 Å². The normalized spacial score (nSPS) is 12.4. The fourth-order valence-electron chi connectivity index (χ4n) is 4.20. The highest BCUT2D eigenvalue weighted by Gasteiger charge is 2.23. The van der Waals surface area contributed by atoms with Crippen LogP contribution in [0.5, 0.6) is 11.5 Å². The second kappa shape index (κ2) is 7.81. The third-order valence-electron chi connectivity index (χ3n) is 5.93. The van der Waals surface area contributed by atoms with Crippen LogP contribution in [0.15, 0.2) is 80.4 Å². The van der Waals surface area contributed by atoms with Crippen molar-refractivity contribution in [3.05, 3.63) is 88.3 Å². The summed E-state index contributed by atoms with van der Waals surface area (Å²) in [6.45, 7) is 2.18. The number of carbonyl (C=O) groups is 1. The molecule has 1 aliphatic rings. The van der Waals surface area contributed by atoms with Crippen molar-refractivity contribution in [1.82, 2.24) is 0 Å². The van der Waals surface area contributed by atoms with Crippen LogP contribution < -0.4 is 20.4 Å². The number of ether oxygens (including phenoxy) is 2. The first-order valence-corrected chi connectivity index (χ1v) is 10.9. The molecule has 34 heavy (non-hydrogen) atoms. The Bertz CT molecular complexity index is 1640. The van der Waals surface area contributed by atoms with E-state index in [1.54, 1.807) is 24.3 Å². The molecule has 0 unspecified atom stereocenters. The monoisotopic (exact) mass is 453 g/mol. The molecule has 0 atom stereocenters. The molecular weight excluding hydrogens is 434 g/mol. The van der Waals surface area contributed by atoms with Gasteiger partial charge < -0.3 is 23.6 Å². The summed E-state index contributed by atoms with van der Waals surface area (Å²) >= 11 is 0. The average molecular weight is 453 g/mol. The van der Waals surface area contributed by atoms with E-state index in [0.717, 1.165) is 22.8 Å². The maximum absolute atomic E-state index is 13.2. The Morgan fingerprint density at radius 1 is 0.882 bits per heavy atom. The average Bonchev–Trinajstić information content (AvgIpc) is 3.47. The summed E-state index contributed by atoms with van der Waals surface area (Å²) in [5, 5.41) is 4.45. The summed E-state index contributed by atoms with van der Waals surface area (Å²) in [6.07, 6.45) is 0.822. The van der Waals surface area contributed by atoms with E-state index in [1.165, 1.54) is 6.07 Å². The quantitative estimate of drug-likeness (QED) is 0.349. The van der Waals surface area contributed by atoms with Gasteiger partial charge in [-0.2, -0.15) is 0 Å². The van der Waals surface area contributed by atoms with Crippen molar-refractivity contribution in [2.75, 3.05) is 12.1 Å². The van der Waals surface area contributed by atoms with Gasteiger partial charge in [-0.1, -0.05) is 25.1 Å². The van der Waals surface area contributed by atoms with Crippen molar-refractivity contribution in [3.8, 4) is 22.8 Å². The van der Waals surface area contributed by atoms with Gasteiger partial charge in [-0.3, -0.25) is 4.79 Å². The first-order chi connectivity index (χ1) is 16.6. The van der Waals surface area contributed by atoms with Crippen molar-refractivity contribution in [3.63, 3.8) is 0 Å². The lowest BCUT2D eigenvalue weighted by molar-refractivity contribution is 0.102. The number of furan rings is 1. The Balaban J connectivity index is 1.52. The maximum Gasteiger partial charge on any atom is 0.336 e. The Hall–Kier alpha value is -4.52. The van der Waals surface area contributed by atoms with Crippen LogP contribution in [0.25, 0.3) is 33.3 Å². The molecule has 0 bridgehead atoms. The van der Waals surface area contributed by atoms with Crippen LogP contribution in [-0.4, -0.2) is 12.7 Å². The number of carbonyl (C=O) groups excluding carboxylic acids is 1. The molecular formula is C27H19NO6. The molecule has 0 radical (unpaired) electrons. The number of amides is 1. The fraction of sp³-hybridized carbons (Fsp3) is 0.111. The van der Waals surface area contributed by atoms with E-state index in [9.17, 15) is 9.59 Å². The third kappa shape index (κ3) is 3.29. The Morgan fingerprint density at radius 2 is 1.71 bits per heavy atom. The summed E-state index contributed by atoms with van der Waals surface area (Å²) in [4.78, 5) is 25.6. The molecule has 5 aromatic rings. The van der Waals surface area contributed by atoms with Crippen molar-refractivity contribution in [1.29, 1.82) is 0 Å². The van der Waals surface area contributed by atoms with Crippen LogP contribution in [0.2, 0.25) is 0 Å². The third-order valence-corrected chi connectivity index (χ3v) is 5.93. The molecule has 7 nitrogen and oxygen atoms in total. The molecule has 3 aromatic carbocycles. The second-order valence-corrected chi connectivity index (χ2v) is 7.99. The molecule has 0 aliphatic carbocycles. The number of rotatable bonds is 4. The van der Waals surface area contributed by atoms with E-state index in [2.05, 4.69) is 12.2 Å². The minimum atomic E-state index is -0.500. The summed E-state index contributed by atoms with van der Waals surface area (Å²) in [7, 11) is 0. The highest BCUT2D eigenvalue weighted by atomic mass is 16.7. The number of hydrogen-bond donors (Lipinski definition) is 1. The molecule has 1 aliphatic heterocycles. The number of nitrogens with one attached hydrogen (secondary N) is 1. The molecule has 6 rings (SSSR count). The standard InChI is InChI=1S/C27H19NO6/c1-2-15-7-9-21-18(11-15)19(13-24(29)33-21)26-25(17-5-3-4-6-20(17)34-26)28-27(30)16-8-10-22-23(12-16)32-14-31-22/h3-13H,2,14H2,1H3,(H,28,30). The highest BCUT2D eigenvalue weighted by molar-refractivity contribution is 6.13. The molecule has 1 N–H and O–H groups in total. The molecule has 3 heterocycles. The number of fused-ring (bicyclic) bond motifs is 3. The zero-order valence-corrected chi connectivity index (χ0v) is 18.2. The Morgan fingerprint density at radius 3 is 2.59 bits per heavy atom. The van der Waals surface area contributed by atoms with Gasteiger partial charge in [-0.15, -0.1) is 0 Å². The van der Waals surface area contributed by atoms with Crippen LogP contribution in [0.3, 0.4) is 0 Å². The summed E-state index contributed by atoms with van der Waals surface area (Å²) in [6, 6.07) is 19.5. The lowest BCUT2D eigenvalue weighted by Crippen LogP contribution is -2.12. The Kier molecular flexibility index (Phi) is 4.62. The summed E-state index contributed by atoms with van der Waals surface area (Å²) in [5.74, 6) is 1.16. The van der Waals surface area contributed by atoms with Gasteiger partial charge >= 0.3 is 5.63 Å². The summed E-state index contributed by atoms with van der Waals surface area (Å²) in [5.41, 5.74) is 3.07. The van der Waals surface area contributed by atoms with E-state index in [4.69, 9.17) is 18.3 Å². The van der Waals surface area contributed by atoms with Crippen LogP contribution in [0.4, 0.5) is 5.69 Å². The van der Waals surface area contributed by atoms with Crippen molar-refractivity contribution in [2.45, 2.75) is 13.3 Å². The highest BCUT2D eigenvalue weighted by Crippen LogP contribution is 2.41. The molecule has 168 valence electrons. The van der Waals surface area contributed by atoms with Crippen molar-refractivity contribution < 1.29 is 23.1 Å². The zero-order chi connectivity index (χ0) is 23.2. The topological polar surface area (TPSA) is 90.9 Å². The van der Waals surface area contributed by atoms with Gasteiger partial charge in [0.15, 0.2) is 17.3 Å². The van der Waals surface area contributed by atoms with Gasteiger partial charge in [0.25, 0.3) is 5.91 Å². The van der Waals surface area contributed by atoms with Crippen LogP contribution in [-0.2, 0) is 6.42 Å². The lowest BCUT2D eigenvalue weighted by Gasteiger charge is -2.09. The number of hydrogen-bond acceptors (Lipinski definition) is 6. The zero-order valence-electron chi connectivity index (χ0n) is 18.2. The van der Waals surface area contributed by atoms with E-state index >= 15 is 0 Å². The van der Waals surface area contributed by atoms with Crippen LogP contribution in [0, 0.1) is 0 Å². The van der Waals surface area contributed by atoms with Gasteiger partial charge in [0.1, 0.15) is 11.2 Å². The smallest absolute Gasteiger partial charge is 0.336 e. The van der Waals surface area contributed by atoms with Gasteiger partial charge in [0.05, 0.1) is 5.69 Å². The van der Waals surface area contributed by atoms with Gasteiger partial charge in [0.2, 0.25) is 6.79 Å². The van der Waals surface area contributed by atoms with Crippen molar-refractivity contribution >= 4 is 33.5 Å². The van der Waals surface area contributed by atoms with E-state index in [0.29, 0.717) is 45.2 Å². The Labute approximate surface area is 193 Å². The SMILES string of the molecule is CCc1ccc2oc(=O)cc(-c3oc4ccccc4c3NC(=O)c3ccc4c(c3)OCO4)c2c1. The van der Waals surface area contributed by atoms with E-state index in [-0.39, 0.29) is 12.7 Å². The predicted molar refractivity (Wildman–Crippen MR) is 128 cm³/mol. The number of anilines is 1. The first kappa shape index (κ1) is 20.1. The molecule has 0 fully saturated rings. The predicted octanol–water partition coefficient (Wildman–Crippen LogP) is 5.75. The molecule has 1 amide bonds.